The summed E-state index contributed by atoms with van der Waals surface area (Å²) < 4.78 is 5.37. The van der Waals surface area contributed by atoms with E-state index in [1.807, 2.05) is 19.3 Å². The molecule has 0 atom stereocenters. The number of nitrogens with zero attached hydrogens (tertiary/aromatic N) is 2. The maximum atomic E-state index is 5.37. The highest BCUT2D eigenvalue weighted by molar-refractivity contribution is 5.24. The monoisotopic (exact) mass is 221 g/mol. The van der Waals surface area contributed by atoms with E-state index in [-0.39, 0.29) is 0 Å². The molecule has 1 aromatic heterocycles. The first-order valence-corrected chi connectivity index (χ1v) is 5.78. The van der Waals surface area contributed by atoms with Crippen LogP contribution in [0.15, 0.2) is 12.4 Å². The van der Waals surface area contributed by atoms with Gasteiger partial charge in [0.05, 0.1) is 0 Å². The Bertz CT molecular complexity index is 331. The van der Waals surface area contributed by atoms with E-state index in [0.717, 1.165) is 44.1 Å². The van der Waals surface area contributed by atoms with Gasteiger partial charge in [-0.25, -0.2) is 9.97 Å². The molecule has 4 nitrogen and oxygen atoms in total. The van der Waals surface area contributed by atoms with Crippen molar-refractivity contribution in [2.75, 3.05) is 25.1 Å². The first-order valence-electron chi connectivity index (χ1n) is 5.78. The van der Waals surface area contributed by atoms with E-state index in [9.17, 15) is 0 Å². The third-order valence-electron chi connectivity index (χ3n) is 3.15. The van der Waals surface area contributed by atoms with Crippen molar-refractivity contribution in [3.05, 3.63) is 18.0 Å². The van der Waals surface area contributed by atoms with E-state index in [1.165, 1.54) is 0 Å². The second-order valence-corrected chi connectivity index (χ2v) is 4.86. The fourth-order valence-electron chi connectivity index (χ4n) is 1.82. The lowest BCUT2D eigenvalue weighted by Gasteiger charge is -2.33. The first-order chi connectivity index (χ1) is 7.68. The Balaban J connectivity index is 1.88. The zero-order valence-electron chi connectivity index (χ0n) is 9.99. The third kappa shape index (κ3) is 2.92. The highest BCUT2D eigenvalue weighted by Gasteiger charge is 2.27. The SMILES string of the molecule is Cc1cnc(NCC2(C)CCOCC2)nc1. The number of nitrogens with one attached hydrogen (secondary N) is 1. The van der Waals surface area contributed by atoms with Crippen LogP contribution in [0.3, 0.4) is 0 Å². The molecule has 0 amide bonds. The lowest BCUT2D eigenvalue weighted by Crippen LogP contribution is -2.33. The summed E-state index contributed by atoms with van der Waals surface area (Å²) in [6.45, 7) is 6.93. The molecule has 0 spiro atoms. The van der Waals surface area contributed by atoms with Gasteiger partial charge in [-0.15, -0.1) is 0 Å². The summed E-state index contributed by atoms with van der Waals surface area (Å²) in [4.78, 5) is 8.48. The van der Waals surface area contributed by atoms with Crippen LogP contribution in [0.5, 0.6) is 0 Å². The van der Waals surface area contributed by atoms with Crippen LogP contribution in [-0.4, -0.2) is 29.7 Å². The van der Waals surface area contributed by atoms with E-state index >= 15 is 0 Å². The van der Waals surface area contributed by atoms with Crippen molar-refractivity contribution in [2.24, 2.45) is 5.41 Å². The van der Waals surface area contributed by atoms with Crippen LogP contribution in [0.25, 0.3) is 0 Å². The normalized spacial score (nSPS) is 19.4. The molecule has 88 valence electrons. The smallest absolute Gasteiger partial charge is 0.222 e. The Morgan fingerprint density at radius 3 is 2.56 bits per heavy atom. The van der Waals surface area contributed by atoms with Gasteiger partial charge in [-0.3, -0.25) is 0 Å². The fourth-order valence-corrected chi connectivity index (χ4v) is 1.82. The molecule has 1 aliphatic heterocycles. The number of aromatic nitrogens is 2. The van der Waals surface area contributed by atoms with Gasteiger partial charge >= 0.3 is 0 Å². The van der Waals surface area contributed by atoms with Gasteiger partial charge in [0.15, 0.2) is 0 Å². The Morgan fingerprint density at radius 2 is 1.94 bits per heavy atom. The summed E-state index contributed by atoms with van der Waals surface area (Å²) in [5.41, 5.74) is 1.40. The maximum absolute atomic E-state index is 5.37. The number of hydrogen-bond acceptors (Lipinski definition) is 4. The molecule has 1 fully saturated rings. The molecule has 16 heavy (non-hydrogen) atoms. The molecule has 0 saturated carbocycles. The van der Waals surface area contributed by atoms with Crippen molar-refractivity contribution in [3.8, 4) is 0 Å². The molecule has 0 aromatic carbocycles. The summed E-state index contributed by atoms with van der Waals surface area (Å²) in [7, 11) is 0. The average molecular weight is 221 g/mol. The van der Waals surface area contributed by atoms with Crippen LogP contribution in [0.1, 0.15) is 25.3 Å². The molecule has 4 heteroatoms. The van der Waals surface area contributed by atoms with Crippen LogP contribution >= 0.6 is 0 Å². The number of anilines is 1. The summed E-state index contributed by atoms with van der Waals surface area (Å²) >= 11 is 0. The van der Waals surface area contributed by atoms with Gasteiger partial charge in [-0.05, 0) is 30.7 Å². The van der Waals surface area contributed by atoms with E-state index in [4.69, 9.17) is 4.74 Å². The number of aryl methyl sites for hydroxylation is 1. The zero-order valence-corrected chi connectivity index (χ0v) is 9.99. The Morgan fingerprint density at radius 1 is 1.31 bits per heavy atom. The minimum absolute atomic E-state index is 0.312. The second-order valence-electron chi connectivity index (χ2n) is 4.86. The Labute approximate surface area is 96.4 Å². The molecule has 1 aliphatic rings. The van der Waals surface area contributed by atoms with E-state index in [2.05, 4.69) is 22.2 Å². The molecule has 0 aliphatic carbocycles. The van der Waals surface area contributed by atoms with Crippen LogP contribution in [0.2, 0.25) is 0 Å². The first kappa shape index (κ1) is 11.3. The summed E-state index contributed by atoms with van der Waals surface area (Å²) in [6, 6.07) is 0. The molecule has 0 bridgehead atoms. The van der Waals surface area contributed by atoms with Gasteiger partial charge in [0.2, 0.25) is 5.95 Å². The van der Waals surface area contributed by atoms with E-state index in [0.29, 0.717) is 5.41 Å². The standard InChI is InChI=1S/C12H19N3O/c1-10-7-13-11(14-8-10)15-9-12(2)3-5-16-6-4-12/h7-8H,3-6,9H2,1-2H3,(H,13,14,15). The highest BCUT2D eigenvalue weighted by atomic mass is 16.5. The molecule has 2 heterocycles. The van der Waals surface area contributed by atoms with Gasteiger partial charge in [-0.2, -0.15) is 0 Å². The quantitative estimate of drug-likeness (QED) is 0.848. The van der Waals surface area contributed by atoms with Crippen LogP contribution < -0.4 is 5.32 Å². The van der Waals surface area contributed by atoms with Crippen LogP contribution in [-0.2, 0) is 4.74 Å². The summed E-state index contributed by atoms with van der Waals surface area (Å²) in [5.74, 6) is 0.721. The zero-order chi connectivity index (χ0) is 11.4. The number of ether oxygens (including phenoxy) is 1. The molecule has 2 rings (SSSR count). The fraction of sp³-hybridized carbons (Fsp3) is 0.667. The molecule has 0 unspecified atom stereocenters. The molecule has 1 saturated heterocycles. The summed E-state index contributed by atoms with van der Waals surface area (Å²) in [6.07, 6.45) is 5.88. The van der Waals surface area contributed by atoms with Crippen molar-refractivity contribution in [1.82, 2.24) is 9.97 Å². The van der Waals surface area contributed by atoms with Gasteiger partial charge in [-0.1, -0.05) is 6.92 Å². The van der Waals surface area contributed by atoms with Crippen LogP contribution in [0.4, 0.5) is 5.95 Å². The van der Waals surface area contributed by atoms with Crippen molar-refractivity contribution < 1.29 is 4.74 Å². The number of hydrogen-bond donors (Lipinski definition) is 1. The van der Waals surface area contributed by atoms with E-state index < -0.39 is 0 Å². The second kappa shape index (κ2) is 4.78. The third-order valence-corrected chi connectivity index (χ3v) is 3.15. The number of rotatable bonds is 3. The lowest BCUT2D eigenvalue weighted by atomic mass is 9.82. The molecule has 1 N–H and O–H groups in total. The van der Waals surface area contributed by atoms with Crippen molar-refractivity contribution in [2.45, 2.75) is 26.7 Å². The minimum atomic E-state index is 0.312. The van der Waals surface area contributed by atoms with Crippen molar-refractivity contribution in [1.29, 1.82) is 0 Å². The van der Waals surface area contributed by atoms with Gasteiger partial charge in [0, 0.05) is 32.2 Å². The lowest BCUT2D eigenvalue weighted by molar-refractivity contribution is 0.0299. The largest absolute Gasteiger partial charge is 0.381 e. The topological polar surface area (TPSA) is 47.0 Å². The Hall–Kier alpha value is -1.16. The van der Waals surface area contributed by atoms with Crippen molar-refractivity contribution in [3.63, 3.8) is 0 Å². The van der Waals surface area contributed by atoms with Crippen molar-refractivity contribution >= 4 is 5.95 Å². The predicted molar refractivity (Wildman–Crippen MR) is 63.4 cm³/mol. The molecular weight excluding hydrogens is 202 g/mol. The molecule has 1 aromatic rings. The predicted octanol–water partition coefficient (Wildman–Crippen LogP) is 2.01. The maximum Gasteiger partial charge on any atom is 0.222 e. The summed E-state index contributed by atoms with van der Waals surface area (Å²) in [5, 5.41) is 3.30. The highest BCUT2D eigenvalue weighted by Crippen LogP contribution is 2.29. The van der Waals surface area contributed by atoms with E-state index in [1.54, 1.807) is 0 Å². The molecule has 0 radical (unpaired) electrons. The van der Waals surface area contributed by atoms with Gasteiger partial charge in [0.1, 0.15) is 0 Å². The average Bonchev–Trinajstić information content (AvgIpc) is 2.29. The van der Waals surface area contributed by atoms with Crippen LogP contribution in [0, 0.1) is 12.3 Å². The Kier molecular flexibility index (Phi) is 3.39. The van der Waals surface area contributed by atoms with Gasteiger partial charge in [0.25, 0.3) is 0 Å². The molecular formula is C12H19N3O. The van der Waals surface area contributed by atoms with Gasteiger partial charge < -0.3 is 10.1 Å². The minimum Gasteiger partial charge on any atom is -0.381 e.